The first-order valence-corrected chi connectivity index (χ1v) is 7.30. The Balaban J connectivity index is 2.02. The molecule has 0 spiro atoms. The largest absolute Gasteiger partial charge is 0.496 e. The van der Waals surface area contributed by atoms with E-state index in [1.54, 1.807) is 14.2 Å². The Morgan fingerprint density at radius 2 is 1.67 bits per heavy atom. The van der Waals surface area contributed by atoms with Gasteiger partial charge in [-0.05, 0) is 36.1 Å². The molecule has 0 aliphatic heterocycles. The van der Waals surface area contributed by atoms with Crippen LogP contribution in [-0.2, 0) is 6.42 Å². The van der Waals surface area contributed by atoms with E-state index in [2.05, 4.69) is 24.3 Å². The van der Waals surface area contributed by atoms with Crippen LogP contribution in [0.1, 0.15) is 35.1 Å². The topological polar surface area (TPSA) is 44.5 Å². The Kier molecular flexibility index (Phi) is 3.84. The number of benzene rings is 2. The van der Waals surface area contributed by atoms with Gasteiger partial charge >= 0.3 is 0 Å². The van der Waals surface area contributed by atoms with Crippen LogP contribution >= 0.6 is 0 Å². The van der Waals surface area contributed by atoms with Crippen molar-refractivity contribution in [3.63, 3.8) is 0 Å². The second-order valence-corrected chi connectivity index (χ2v) is 5.45. The van der Waals surface area contributed by atoms with Gasteiger partial charge in [-0.3, -0.25) is 0 Å². The zero-order valence-electron chi connectivity index (χ0n) is 12.5. The second-order valence-electron chi connectivity index (χ2n) is 5.45. The van der Waals surface area contributed by atoms with E-state index in [-0.39, 0.29) is 6.04 Å². The fraction of sp³-hybridized carbons (Fsp3) is 0.333. The normalized spacial score (nSPS) is 18.1. The van der Waals surface area contributed by atoms with Crippen molar-refractivity contribution in [2.24, 2.45) is 5.73 Å². The van der Waals surface area contributed by atoms with Gasteiger partial charge in [0, 0.05) is 12.0 Å². The van der Waals surface area contributed by atoms with Crippen molar-refractivity contribution < 1.29 is 9.47 Å². The molecule has 0 aromatic heterocycles. The maximum atomic E-state index is 6.61. The third-order valence-electron chi connectivity index (χ3n) is 4.41. The number of methoxy groups -OCH3 is 2. The maximum absolute atomic E-state index is 6.61. The van der Waals surface area contributed by atoms with Gasteiger partial charge in [-0.25, -0.2) is 0 Å². The Labute approximate surface area is 125 Å². The maximum Gasteiger partial charge on any atom is 0.127 e. The van der Waals surface area contributed by atoms with E-state index in [1.807, 2.05) is 18.2 Å². The number of rotatable bonds is 4. The molecule has 2 aromatic rings. The molecule has 0 bridgehead atoms. The second kappa shape index (κ2) is 5.78. The van der Waals surface area contributed by atoms with E-state index in [0.717, 1.165) is 29.9 Å². The van der Waals surface area contributed by atoms with Gasteiger partial charge in [-0.2, -0.15) is 0 Å². The highest BCUT2D eigenvalue weighted by molar-refractivity contribution is 5.49. The van der Waals surface area contributed by atoms with E-state index in [0.29, 0.717) is 5.92 Å². The summed E-state index contributed by atoms with van der Waals surface area (Å²) >= 11 is 0. The minimum absolute atomic E-state index is 0.125. The van der Waals surface area contributed by atoms with Gasteiger partial charge in [0.1, 0.15) is 11.5 Å². The summed E-state index contributed by atoms with van der Waals surface area (Å²) in [4.78, 5) is 0. The number of hydrogen-bond acceptors (Lipinski definition) is 3. The van der Waals surface area contributed by atoms with Crippen LogP contribution < -0.4 is 15.2 Å². The Morgan fingerprint density at radius 3 is 2.33 bits per heavy atom. The minimum Gasteiger partial charge on any atom is -0.496 e. The fourth-order valence-corrected chi connectivity index (χ4v) is 3.37. The summed E-state index contributed by atoms with van der Waals surface area (Å²) in [6.45, 7) is 0. The van der Waals surface area contributed by atoms with Crippen LogP contribution in [0.4, 0.5) is 0 Å². The summed E-state index contributed by atoms with van der Waals surface area (Å²) in [7, 11) is 3.35. The molecule has 3 rings (SSSR count). The lowest BCUT2D eigenvalue weighted by molar-refractivity contribution is 0.372. The Morgan fingerprint density at radius 1 is 1.00 bits per heavy atom. The van der Waals surface area contributed by atoms with E-state index < -0.39 is 0 Å². The summed E-state index contributed by atoms with van der Waals surface area (Å²) in [6.07, 6.45) is 2.16. The van der Waals surface area contributed by atoms with Gasteiger partial charge in [-0.15, -0.1) is 0 Å². The van der Waals surface area contributed by atoms with Crippen LogP contribution in [0, 0.1) is 0 Å². The molecule has 2 N–H and O–H groups in total. The lowest BCUT2D eigenvalue weighted by Gasteiger charge is -2.24. The summed E-state index contributed by atoms with van der Waals surface area (Å²) in [5.41, 5.74) is 10.3. The third-order valence-corrected chi connectivity index (χ3v) is 4.41. The molecule has 0 heterocycles. The van der Waals surface area contributed by atoms with Crippen LogP contribution in [0.2, 0.25) is 0 Å². The van der Waals surface area contributed by atoms with Crippen LogP contribution in [0.5, 0.6) is 11.5 Å². The van der Waals surface area contributed by atoms with Gasteiger partial charge in [0.05, 0.1) is 19.8 Å². The average molecular weight is 283 g/mol. The number of ether oxygens (including phenoxy) is 2. The van der Waals surface area contributed by atoms with Crippen molar-refractivity contribution in [3.05, 3.63) is 59.2 Å². The van der Waals surface area contributed by atoms with Crippen LogP contribution in [0.25, 0.3) is 0 Å². The standard InChI is InChI=1S/C18H21NO2/c1-20-15-8-5-9-16(21-2)17(15)18(19)14-11-10-12-6-3-4-7-13(12)14/h3-9,14,18H,10-11,19H2,1-2H3. The smallest absolute Gasteiger partial charge is 0.127 e. The third kappa shape index (κ3) is 2.38. The van der Waals surface area contributed by atoms with Crippen molar-refractivity contribution >= 4 is 0 Å². The first-order valence-electron chi connectivity index (χ1n) is 7.30. The summed E-state index contributed by atoms with van der Waals surface area (Å²) in [5, 5.41) is 0. The van der Waals surface area contributed by atoms with Crippen LogP contribution in [0.3, 0.4) is 0 Å². The number of fused-ring (bicyclic) bond motifs is 1. The molecule has 3 heteroatoms. The lowest BCUT2D eigenvalue weighted by atomic mass is 9.88. The average Bonchev–Trinajstić information content (AvgIpc) is 2.97. The number of aryl methyl sites for hydroxylation is 1. The van der Waals surface area contributed by atoms with Gasteiger partial charge < -0.3 is 15.2 Å². The lowest BCUT2D eigenvalue weighted by Crippen LogP contribution is -2.20. The van der Waals surface area contributed by atoms with E-state index in [9.17, 15) is 0 Å². The molecular formula is C18H21NO2. The molecule has 110 valence electrons. The molecule has 0 saturated carbocycles. The van der Waals surface area contributed by atoms with Crippen molar-refractivity contribution in [2.75, 3.05) is 14.2 Å². The van der Waals surface area contributed by atoms with Crippen molar-refractivity contribution in [3.8, 4) is 11.5 Å². The Hall–Kier alpha value is -2.00. The van der Waals surface area contributed by atoms with Crippen LogP contribution in [-0.4, -0.2) is 14.2 Å². The number of nitrogens with two attached hydrogens (primary N) is 1. The number of hydrogen-bond donors (Lipinski definition) is 1. The van der Waals surface area contributed by atoms with Gasteiger partial charge in [0.25, 0.3) is 0 Å². The van der Waals surface area contributed by atoms with Gasteiger partial charge in [0.15, 0.2) is 0 Å². The molecule has 2 aromatic carbocycles. The van der Waals surface area contributed by atoms with Crippen molar-refractivity contribution in [1.29, 1.82) is 0 Å². The summed E-state index contributed by atoms with van der Waals surface area (Å²) in [5.74, 6) is 1.91. The highest BCUT2D eigenvalue weighted by Gasteiger charge is 2.31. The fourth-order valence-electron chi connectivity index (χ4n) is 3.37. The molecular weight excluding hydrogens is 262 g/mol. The minimum atomic E-state index is -0.125. The quantitative estimate of drug-likeness (QED) is 0.935. The predicted octanol–water partition coefficient (Wildman–Crippen LogP) is 3.43. The van der Waals surface area contributed by atoms with Crippen molar-refractivity contribution in [1.82, 2.24) is 0 Å². The molecule has 2 unspecified atom stereocenters. The molecule has 1 aliphatic carbocycles. The molecule has 0 amide bonds. The van der Waals surface area contributed by atoms with Crippen LogP contribution in [0.15, 0.2) is 42.5 Å². The Bertz CT molecular complexity index is 617. The SMILES string of the molecule is COc1cccc(OC)c1C(N)C1CCc2ccccc21. The predicted molar refractivity (Wildman–Crippen MR) is 84.0 cm³/mol. The summed E-state index contributed by atoms with van der Waals surface area (Å²) in [6, 6.07) is 14.3. The molecule has 0 saturated heterocycles. The molecule has 0 fully saturated rings. The molecule has 0 radical (unpaired) electrons. The van der Waals surface area contributed by atoms with E-state index in [4.69, 9.17) is 15.2 Å². The molecule has 21 heavy (non-hydrogen) atoms. The molecule has 2 atom stereocenters. The van der Waals surface area contributed by atoms with Gasteiger partial charge in [-0.1, -0.05) is 30.3 Å². The monoisotopic (exact) mass is 283 g/mol. The van der Waals surface area contributed by atoms with E-state index in [1.165, 1.54) is 11.1 Å². The zero-order valence-corrected chi connectivity index (χ0v) is 12.5. The van der Waals surface area contributed by atoms with Crippen molar-refractivity contribution in [2.45, 2.75) is 24.8 Å². The zero-order chi connectivity index (χ0) is 14.8. The first kappa shape index (κ1) is 14.0. The van der Waals surface area contributed by atoms with Gasteiger partial charge in [0.2, 0.25) is 0 Å². The molecule has 1 aliphatic rings. The van der Waals surface area contributed by atoms with E-state index >= 15 is 0 Å². The molecule has 3 nitrogen and oxygen atoms in total. The summed E-state index contributed by atoms with van der Waals surface area (Å²) < 4.78 is 11.0. The highest BCUT2D eigenvalue weighted by Crippen LogP contribution is 2.45. The first-order chi connectivity index (χ1) is 10.3. The highest BCUT2D eigenvalue weighted by atomic mass is 16.5.